The maximum atomic E-state index is 12.9. The number of nitrogens with one attached hydrogen (secondary N) is 2. The third-order valence-electron chi connectivity index (χ3n) is 4.57. The minimum atomic E-state index is -0.246. The quantitative estimate of drug-likeness (QED) is 0.358. The van der Waals surface area contributed by atoms with Gasteiger partial charge in [-0.3, -0.25) is 9.59 Å². The molecule has 9 heteroatoms. The molecule has 0 unspecified atom stereocenters. The van der Waals surface area contributed by atoms with Gasteiger partial charge in [-0.15, -0.1) is 11.3 Å². The van der Waals surface area contributed by atoms with Crippen LogP contribution in [0.3, 0.4) is 0 Å². The van der Waals surface area contributed by atoms with Crippen LogP contribution < -0.4 is 10.9 Å². The zero-order valence-electron chi connectivity index (χ0n) is 16.6. The topological polar surface area (TPSA) is 101 Å². The minimum absolute atomic E-state index is 0.240. The van der Waals surface area contributed by atoms with Crippen LogP contribution in [0.4, 0.5) is 5.69 Å². The zero-order valence-corrected chi connectivity index (χ0v) is 18.3. The Labute approximate surface area is 181 Å². The van der Waals surface area contributed by atoms with Crippen molar-refractivity contribution in [2.24, 2.45) is 0 Å². The van der Waals surface area contributed by atoms with Crippen molar-refractivity contribution in [3.05, 3.63) is 74.4 Å². The Hall–Kier alpha value is -3.04. The molecule has 4 aromatic rings. The molecule has 1 amide bonds. The summed E-state index contributed by atoms with van der Waals surface area (Å²) in [6.45, 7) is 5.73. The van der Waals surface area contributed by atoms with E-state index in [1.54, 1.807) is 25.4 Å². The van der Waals surface area contributed by atoms with E-state index in [1.807, 2.05) is 32.0 Å². The maximum absolute atomic E-state index is 12.9. The van der Waals surface area contributed by atoms with Crippen molar-refractivity contribution < 1.29 is 4.79 Å². The fourth-order valence-corrected chi connectivity index (χ4v) is 4.87. The first-order valence-electron chi connectivity index (χ1n) is 9.23. The number of aryl methyl sites for hydroxylation is 3. The molecule has 3 heterocycles. The Morgan fingerprint density at radius 1 is 1.20 bits per heavy atom. The number of hydrogen-bond donors (Lipinski definition) is 2. The molecule has 3 aromatic heterocycles. The Balaban J connectivity index is 1.61. The second kappa shape index (κ2) is 8.37. The van der Waals surface area contributed by atoms with Crippen molar-refractivity contribution in [3.63, 3.8) is 0 Å². The van der Waals surface area contributed by atoms with E-state index in [0.29, 0.717) is 37.4 Å². The van der Waals surface area contributed by atoms with Crippen molar-refractivity contribution in [3.8, 4) is 0 Å². The number of nitrogens with zero attached hydrogens (tertiary/aromatic N) is 3. The molecule has 0 saturated heterocycles. The van der Waals surface area contributed by atoms with E-state index in [2.05, 4.69) is 25.3 Å². The number of aromatic amines is 1. The van der Waals surface area contributed by atoms with E-state index < -0.39 is 0 Å². The van der Waals surface area contributed by atoms with Gasteiger partial charge in [0.1, 0.15) is 10.7 Å². The fraction of sp³-hybridized carbons (Fsp3) is 0.190. The van der Waals surface area contributed by atoms with Gasteiger partial charge in [-0.2, -0.15) is 0 Å². The van der Waals surface area contributed by atoms with Crippen LogP contribution in [0, 0.1) is 20.8 Å². The normalized spacial score (nSPS) is 11.0. The van der Waals surface area contributed by atoms with Gasteiger partial charge in [0.15, 0.2) is 5.16 Å². The van der Waals surface area contributed by atoms with Crippen LogP contribution in [0.25, 0.3) is 10.2 Å². The molecule has 30 heavy (non-hydrogen) atoms. The number of fused-ring (bicyclic) bond motifs is 1. The summed E-state index contributed by atoms with van der Waals surface area (Å²) in [4.78, 5) is 42.3. The first kappa shape index (κ1) is 20.2. The monoisotopic (exact) mass is 437 g/mol. The SMILES string of the molecule is Cc1ccc(NC(=O)c2sc3nc(CSc4ncccn4)[nH]c(=O)c3c2C)c(C)c1. The third-order valence-corrected chi connectivity index (χ3v) is 6.64. The molecular formula is C21H19N5O2S2. The molecule has 0 radical (unpaired) electrons. The average molecular weight is 438 g/mol. The Bertz CT molecular complexity index is 1300. The van der Waals surface area contributed by atoms with Crippen LogP contribution in [0.5, 0.6) is 0 Å². The highest BCUT2D eigenvalue weighted by atomic mass is 32.2. The maximum Gasteiger partial charge on any atom is 0.266 e. The number of amides is 1. The Morgan fingerprint density at radius 2 is 1.97 bits per heavy atom. The minimum Gasteiger partial charge on any atom is -0.321 e. The van der Waals surface area contributed by atoms with E-state index in [4.69, 9.17) is 0 Å². The summed E-state index contributed by atoms with van der Waals surface area (Å²) in [6.07, 6.45) is 3.33. The van der Waals surface area contributed by atoms with Gasteiger partial charge in [-0.1, -0.05) is 29.5 Å². The van der Waals surface area contributed by atoms with E-state index in [9.17, 15) is 9.59 Å². The van der Waals surface area contributed by atoms with Gasteiger partial charge in [0.05, 0.1) is 16.0 Å². The molecule has 0 atom stereocenters. The lowest BCUT2D eigenvalue weighted by atomic mass is 10.1. The summed E-state index contributed by atoms with van der Waals surface area (Å²) in [5.74, 6) is 0.707. The second-order valence-corrected chi connectivity index (χ2v) is 8.78. The van der Waals surface area contributed by atoms with Crippen LogP contribution >= 0.6 is 23.1 Å². The zero-order chi connectivity index (χ0) is 21.3. The van der Waals surface area contributed by atoms with Crippen LogP contribution in [0.2, 0.25) is 0 Å². The van der Waals surface area contributed by atoms with Crippen molar-refractivity contribution >= 4 is 44.9 Å². The van der Waals surface area contributed by atoms with Gasteiger partial charge < -0.3 is 10.3 Å². The first-order chi connectivity index (χ1) is 14.4. The molecule has 0 aliphatic heterocycles. The van der Waals surface area contributed by atoms with Crippen LogP contribution in [0.15, 0.2) is 46.6 Å². The number of thiophene rings is 1. The molecule has 0 aliphatic carbocycles. The molecule has 4 rings (SSSR count). The number of H-pyrrole nitrogens is 1. The molecule has 0 saturated carbocycles. The standard InChI is InChI=1S/C21H19N5O2S2/c1-11-5-6-14(12(2)9-11)24-19(28)17-13(3)16-18(27)25-15(26-20(16)30-17)10-29-21-22-7-4-8-23-21/h4-9H,10H2,1-3H3,(H,24,28)(H,25,26,27). The van der Waals surface area contributed by atoms with E-state index in [1.165, 1.54) is 23.1 Å². The Morgan fingerprint density at radius 3 is 2.70 bits per heavy atom. The first-order valence-corrected chi connectivity index (χ1v) is 11.0. The lowest BCUT2D eigenvalue weighted by molar-refractivity contribution is 0.103. The lowest BCUT2D eigenvalue weighted by Gasteiger charge is -2.08. The van der Waals surface area contributed by atoms with Crippen molar-refractivity contribution in [2.75, 3.05) is 5.32 Å². The second-order valence-electron chi connectivity index (χ2n) is 6.84. The number of anilines is 1. The molecule has 0 bridgehead atoms. The smallest absolute Gasteiger partial charge is 0.266 e. The fourth-order valence-electron chi connectivity index (χ4n) is 3.10. The number of benzene rings is 1. The molecule has 0 fully saturated rings. The summed E-state index contributed by atoms with van der Waals surface area (Å²) in [5, 5.41) is 4.01. The molecule has 1 aromatic carbocycles. The van der Waals surface area contributed by atoms with Gasteiger partial charge in [0.2, 0.25) is 0 Å². The van der Waals surface area contributed by atoms with Gasteiger partial charge in [-0.25, -0.2) is 15.0 Å². The van der Waals surface area contributed by atoms with Crippen LogP contribution in [0.1, 0.15) is 32.2 Å². The number of carbonyl (C=O) groups excluding carboxylic acids is 1. The van der Waals surface area contributed by atoms with Crippen LogP contribution in [-0.2, 0) is 5.75 Å². The predicted molar refractivity (Wildman–Crippen MR) is 120 cm³/mol. The number of hydrogen-bond acceptors (Lipinski definition) is 7. The summed E-state index contributed by atoms with van der Waals surface area (Å²) >= 11 is 2.61. The highest BCUT2D eigenvalue weighted by Gasteiger charge is 2.20. The van der Waals surface area contributed by atoms with Gasteiger partial charge in [0, 0.05) is 18.1 Å². The highest BCUT2D eigenvalue weighted by Crippen LogP contribution is 2.29. The number of rotatable bonds is 5. The van der Waals surface area contributed by atoms with Crippen LogP contribution in [-0.4, -0.2) is 25.8 Å². The lowest BCUT2D eigenvalue weighted by Crippen LogP contribution is -2.13. The van der Waals surface area contributed by atoms with Crippen molar-refractivity contribution in [1.82, 2.24) is 19.9 Å². The largest absolute Gasteiger partial charge is 0.321 e. The molecule has 2 N–H and O–H groups in total. The molecule has 0 spiro atoms. The van der Waals surface area contributed by atoms with Gasteiger partial charge in [-0.05, 0) is 44.0 Å². The summed E-state index contributed by atoms with van der Waals surface area (Å²) in [7, 11) is 0. The summed E-state index contributed by atoms with van der Waals surface area (Å²) < 4.78 is 0. The van der Waals surface area contributed by atoms with Gasteiger partial charge >= 0.3 is 0 Å². The predicted octanol–water partition coefficient (Wildman–Crippen LogP) is 4.24. The average Bonchev–Trinajstić information content (AvgIpc) is 3.06. The number of aromatic nitrogens is 4. The van der Waals surface area contributed by atoms with E-state index in [0.717, 1.165) is 16.8 Å². The van der Waals surface area contributed by atoms with Gasteiger partial charge in [0.25, 0.3) is 11.5 Å². The van der Waals surface area contributed by atoms with E-state index in [-0.39, 0.29) is 11.5 Å². The molecule has 0 aliphatic rings. The van der Waals surface area contributed by atoms with Crippen molar-refractivity contribution in [2.45, 2.75) is 31.7 Å². The number of carbonyl (C=O) groups is 1. The molecular weight excluding hydrogens is 418 g/mol. The summed E-state index contributed by atoms with van der Waals surface area (Å²) in [6, 6.07) is 7.60. The summed E-state index contributed by atoms with van der Waals surface area (Å²) in [5.41, 5.74) is 3.26. The van der Waals surface area contributed by atoms with Crippen molar-refractivity contribution in [1.29, 1.82) is 0 Å². The van der Waals surface area contributed by atoms with E-state index >= 15 is 0 Å². The molecule has 7 nitrogen and oxygen atoms in total. The molecule has 152 valence electrons. The number of thioether (sulfide) groups is 1. The third kappa shape index (κ3) is 4.12. The Kier molecular flexibility index (Phi) is 5.65. The highest BCUT2D eigenvalue weighted by molar-refractivity contribution is 7.98.